The summed E-state index contributed by atoms with van der Waals surface area (Å²) in [6, 6.07) is -1.74. The average Bonchev–Trinajstić information content (AvgIpc) is 3.32. The van der Waals surface area contributed by atoms with Gasteiger partial charge in [-0.2, -0.15) is 13.2 Å². The van der Waals surface area contributed by atoms with Crippen LogP contribution in [0.3, 0.4) is 0 Å². The fraction of sp³-hybridized carbons (Fsp3) is 0.526. The van der Waals surface area contributed by atoms with Crippen molar-refractivity contribution in [3.8, 4) is 11.3 Å². The molecular formula is C19H20F3N5O. The van der Waals surface area contributed by atoms with Gasteiger partial charge in [0.25, 0.3) is 0 Å². The Morgan fingerprint density at radius 3 is 2.68 bits per heavy atom. The van der Waals surface area contributed by atoms with Crippen LogP contribution >= 0.6 is 0 Å². The number of alkyl halides is 3. The summed E-state index contributed by atoms with van der Waals surface area (Å²) in [5.41, 5.74) is 9.06. The summed E-state index contributed by atoms with van der Waals surface area (Å²) >= 11 is 0. The lowest BCUT2D eigenvalue weighted by Crippen LogP contribution is -2.25. The highest BCUT2D eigenvalue weighted by Crippen LogP contribution is 2.51. The number of fused-ring (bicyclic) bond motifs is 5. The molecule has 0 spiro atoms. The summed E-state index contributed by atoms with van der Waals surface area (Å²) in [5, 5.41) is 4.75. The van der Waals surface area contributed by atoms with Gasteiger partial charge in [-0.1, -0.05) is 12.1 Å². The first kappa shape index (κ1) is 17.5. The van der Waals surface area contributed by atoms with E-state index in [9.17, 15) is 13.2 Å². The zero-order valence-corrected chi connectivity index (χ0v) is 15.5. The Morgan fingerprint density at radius 2 is 2.00 bits per heavy atom. The molecular weight excluding hydrogens is 371 g/mol. The van der Waals surface area contributed by atoms with Crippen LogP contribution in [0.15, 0.2) is 10.9 Å². The third-order valence-corrected chi connectivity index (χ3v) is 6.02. The van der Waals surface area contributed by atoms with E-state index in [1.165, 1.54) is 10.9 Å². The number of nitrogens with two attached hydrogens (primary N) is 1. The van der Waals surface area contributed by atoms with Gasteiger partial charge in [0.1, 0.15) is 35.3 Å². The lowest BCUT2D eigenvalue weighted by molar-refractivity contribution is -0.162. The fourth-order valence-electron chi connectivity index (χ4n) is 4.37. The van der Waals surface area contributed by atoms with Crippen molar-refractivity contribution in [1.29, 1.82) is 0 Å². The highest BCUT2D eigenvalue weighted by Gasteiger charge is 2.43. The van der Waals surface area contributed by atoms with E-state index in [0.717, 1.165) is 31.1 Å². The maximum atomic E-state index is 13.7. The Labute approximate surface area is 158 Å². The molecule has 5 rings (SSSR count). The molecule has 0 aromatic carbocycles. The van der Waals surface area contributed by atoms with Crippen LogP contribution in [0.5, 0.6) is 0 Å². The van der Waals surface area contributed by atoms with Gasteiger partial charge in [0.15, 0.2) is 0 Å². The topological polar surface area (TPSA) is 82.8 Å². The largest absolute Gasteiger partial charge is 0.408 e. The van der Waals surface area contributed by atoms with Crippen molar-refractivity contribution in [2.24, 2.45) is 0 Å². The fourth-order valence-corrected chi connectivity index (χ4v) is 4.37. The van der Waals surface area contributed by atoms with Crippen LogP contribution in [0.25, 0.3) is 22.3 Å². The second-order valence-electron chi connectivity index (χ2n) is 7.89. The van der Waals surface area contributed by atoms with Crippen LogP contribution in [-0.4, -0.2) is 25.9 Å². The Balaban J connectivity index is 1.87. The van der Waals surface area contributed by atoms with Gasteiger partial charge in [-0.3, -0.25) is 0 Å². The number of halogens is 3. The first-order chi connectivity index (χ1) is 13.3. The molecule has 3 aromatic heterocycles. The van der Waals surface area contributed by atoms with Gasteiger partial charge in [0.05, 0.1) is 5.39 Å². The van der Waals surface area contributed by atoms with Crippen LogP contribution in [0.1, 0.15) is 68.0 Å². The van der Waals surface area contributed by atoms with Crippen molar-refractivity contribution >= 4 is 16.9 Å². The number of aromatic nitrogens is 4. The summed E-state index contributed by atoms with van der Waals surface area (Å²) in [5.74, 6) is 1.53. The monoisotopic (exact) mass is 391 g/mol. The van der Waals surface area contributed by atoms with Gasteiger partial charge in [0, 0.05) is 22.7 Å². The molecule has 2 N–H and O–H groups in total. The molecule has 2 aliphatic rings. The molecule has 0 saturated heterocycles. The van der Waals surface area contributed by atoms with E-state index < -0.39 is 12.2 Å². The normalized spacial score (nSPS) is 20.7. The first-order valence-corrected chi connectivity index (χ1v) is 9.48. The number of nitrogens with zero attached hydrogens (tertiary/aromatic N) is 4. The van der Waals surface area contributed by atoms with Crippen molar-refractivity contribution in [3.05, 3.63) is 23.3 Å². The minimum atomic E-state index is -4.41. The maximum absolute atomic E-state index is 13.7. The number of nitrogen functional groups attached to an aromatic ring is 1. The Morgan fingerprint density at radius 1 is 1.25 bits per heavy atom. The molecule has 0 aliphatic heterocycles. The lowest BCUT2D eigenvalue weighted by atomic mass is 9.94. The van der Waals surface area contributed by atoms with Crippen LogP contribution in [0, 0.1) is 0 Å². The summed E-state index contributed by atoms with van der Waals surface area (Å²) in [7, 11) is 0. The molecule has 0 bridgehead atoms. The van der Waals surface area contributed by atoms with Gasteiger partial charge in [-0.15, -0.1) is 0 Å². The van der Waals surface area contributed by atoms with Gasteiger partial charge >= 0.3 is 6.18 Å². The molecule has 1 fully saturated rings. The number of rotatable bonds is 2. The minimum Gasteiger partial charge on any atom is -0.383 e. The molecule has 2 aliphatic carbocycles. The van der Waals surface area contributed by atoms with E-state index in [4.69, 9.17) is 10.3 Å². The zero-order valence-electron chi connectivity index (χ0n) is 15.5. The van der Waals surface area contributed by atoms with Gasteiger partial charge in [-0.05, 0) is 38.5 Å². The predicted molar refractivity (Wildman–Crippen MR) is 96.9 cm³/mol. The highest BCUT2D eigenvalue weighted by atomic mass is 19.4. The Kier molecular flexibility index (Phi) is 3.57. The summed E-state index contributed by atoms with van der Waals surface area (Å²) < 4.78 is 48.0. The van der Waals surface area contributed by atoms with E-state index in [1.54, 1.807) is 0 Å². The van der Waals surface area contributed by atoms with E-state index in [2.05, 4.69) is 22.0 Å². The van der Waals surface area contributed by atoms with E-state index >= 15 is 0 Å². The van der Waals surface area contributed by atoms with Crippen LogP contribution in [0.4, 0.5) is 19.0 Å². The average molecular weight is 391 g/mol. The van der Waals surface area contributed by atoms with Gasteiger partial charge < -0.3 is 14.8 Å². The lowest BCUT2D eigenvalue weighted by Gasteiger charge is -2.21. The minimum absolute atomic E-state index is 0.139. The van der Waals surface area contributed by atoms with Crippen LogP contribution < -0.4 is 5.73 Å². The predicted octanol–water partition coefficient (Wildman–Crippen LogP) is 4.72. The molecule has 2 atom stereocenters. The second-order valence-corrected chi connectivity index (χ2v) is 7.89. The van der Waals surface area contributed by atoms with Crippen molar-refractivity contribution in [2.75, 3.05) is 5.73 Å². The second kappa shape index (κ2) is 5.71. The van der Waals surface area contributed by atoms with Crippen LogP contribution in [-0.2, 0) is 6.42 Å². The first-order valence-electron chi connectivity index (χ1n) is 9.48. The molecule has 1 saturated carbocycles. The Hall–Kier alpha value is -2.58. The van der Waals surface area contributed by atoms with Crippen molar-refractivity contribution in [2.45, 2.75) is 63.6 Å². The third-order valence-electron chi connectivity index (χ3n) is 6.02. The molecule has 28 heavy (non-hydrogen) atoms. The third kappa shape index (κ3) is 2.37. The van der Waals surface area contributed by atoms with Crippen molar-refractivity contribution in [3.63, 3.8) is 0 Å². The molecule has 0 amide bonds. The van der Waals surface area contributed by atoms with Crippen LogP contribution in [0.2, 0.25) is 0 Å². The van der Waals surface area contributed by atoms with E-state index in [1.807, 2.05) is 0 Å². The van der Waals surface area contributed by atoms with E-state index in [0.29, 0.717) is 41.1 Å². The van der Waals surface area contributed by atoms with Crippen molar-refractivity contribution < 1.29 is 17.7 Å². The number of hydrogen-bond donors (Lipinski definition) is 1. The molecule has 3 aromatic rings. The van der Waals surface area contributed by atoms with E-state index in [-0.39, 0.29) is 17.4 Å². The molecule has 0 radical (unpaired) electrons. The summed E-state index contributed by atoms with van der Waals surface area (Å²) in [6.45, 7) is 3.22. The maximum Gasteiger partial charge on any atom is 0.408 e. The molecule has 9 heteroatoms. The Bertz CT molecular complexity index is 1080. The molecule has 0 unspecified atom stereocenters. The quantitative estimate of drug-likeness (QED) is 0.684. The number of hydrogen-bond acceptors (Lipinski definition) is 5. The zero-order chi connectivity index (χ0) is 19.8. The van der Waals surface area contributed by atoms with Gasteiger partial charge in [-0.25, -0.2) is 9.97 Å². The summed E-state index contributed by atoms with van der Waals surface area (Å²) in [4.78, 5) is 8.21. The SMILES string of the molecule is C[C@H](n1c2c(c3c(N)ncnc31)-c1noc(C3CC3)c1[C@@H](C)CC2)C(F)(F)F. The summed E-state index contributed by atoms with van der Waals surface area (Å²) in [6.07, 6.45) is 0.0860. The van der Waals surface area contributed by atoms with Crippen molar-refractivity contribution in [1.82, 2.24) is 19.7 Å². The molecule has 148 valence electrons. The molecule has 6 nitrogen and oxygen atoms in total. The highest BCUT2D eigenvalue weighted by molar-refractivity contribution is 6.02. The standard InChI is InChI=1S/C19H20F3N5O/c1-8-3-6-11-13(15-12(8)16(28-26-15)10-4-5-10)14-17(23)24-7-25-18(14)27(11)9(2)19(20,21)22/h7-10H,3-6H2,1-2H3,(H2,23,24,25)/t8-,9-/m0/s1. The molecule has 3 heterocycles. The smallest absolute Gasteiger partial charge is 0.383 e. The number of anilines is 1. The van der Waals surface area contributed by atoms with Gasteiger partial charge in [0.2, 0.25) is 0 Å².